The smallest absolute Gasteiger partial charge is 0.240 e. The Bertz CT molecular complexity index is 1260. The van der Waals surface area contributed by atoms with Gasteiger partial charge in [0.1, 0.15) is 5.41 Å². The number of carbonyl (C=O) groups excluding carboxylic acids is 2. The van der Waals surface area contributed by atoms with Crippen molar-refractivity contribution >= 4 is 33.4 Å². The van der Waals surface area contributed by atoms with E-state index in [1.807, 2.05) is 60.7 Å². The summed E-state index contributed by atoms with van der Waals surface area (Å²) in [5, 5.41) is 10.6. The van der Waals surface area contributed by atoms with E-state index in [9.17, 15) is 14.9 Å². The van der Waals surface area contributed by atoms with Crippen LogP contribution in [0.1, 0.15) is 28.2 Å². The number of para-hydroxylation sites is 1. The molecule has 2 bridgehead atoms. The lowest BCUT2D eigenvalue weighted by atomic mass is 9.48. The van der Waals surface area contributed by atoms with Crippen LogP contribution in [-0.4, -0.2) is 11.8 Å². The standard InChI is InChI=1S/C25H15BrN2O2/c26-18-11-5-6-12-19(18)28-23(29)21-20-14-7-1-3-9-16(14)25(13-27,22(21)24(28)30)17-10-4-2-8-15(17)20/h1-12,20-22H/t20?,21-,22-,25?/m1/s1. The number of rotatable bonds is 1. The molecule has 0 saturated carbocycles. The van der Waals surface area contributed by atoms with Gasteiger partial charge in [0, 0.05) is 10.4 Å². The van der Waals surface area contributed by atoms with Crippen molar-refractivity contribution in [1.82, 2.24) is 0 Å². The second-order valence-corrected chi connectivity index (χ2v) is 8.89. The molecule has 0 unspecified atom stereocenters. The van der Waals surface area contributed by atoms with Crippen molar-refractivity contribution in [3.05, 3.63) is 99.5 Å². The third kappa shape index (κ3) is 1.86. The Morgan fingerprint density at radius 2 is 1.40 bits per heavy atom. The Balaban J connectivity index is 1.67. The van der Waals surface area contributed by atoms with E-state index in [2.05, 4.69) is 22.0 Å². The van der Waals surface area contributed by atoms with Crippen molar-refractivity contribution in [3.63, 3.8) is 0 Å². The first-order valence-electron chi connectivity index (χ1n) is 9.83. The zero-order chi connectivity index (χ0) is 20.6. The maximum atomic E-state index is 13.8. The highest BCUT2D eigenvalue weighted by Gasteiger charge is 2.68. The molecular weight excluding hydrogens is 440 g/mol. The first-order chi connectivity index (χ1) is 14.6. The van der Waals surface area contributed by atoms with Crippen molar-refractivity contribution in [1.29, 1.82) is 5.26 Å². The molecule has 3 aromatic rings. The number of nitrogens with zero attached hydrogens (tertiary/aromatic N) is 2. The van der Waals surface area contributed by atoms with E-state index in [1.54, 1.807) is 12.1 Å². The Hall–Kier alpha value is -3.23. The van der Waals surface area contributed by atoms with E-state index >= 15 is 0 Å². The van der Waals surface area contributed by atoms with Gasteiger partial charge in [-0.1, -0.05) is 60.7 Å². The van der Waals surface area contributed by atoms with Gasteiger partial charge in [-0.05, 0) is 50.3 Å². The molecule has 30 heavy (non-hydrogen) atoms. The summed E-state index contributed by atoms with van der Waals surface area (Å²) < 4.78 is 0.679. The summed E-state index contributed by atoms with van der Waals surface area (Å²) in [5.74, 6) is -2.09. The van der Waals surface area contributed by atoms with Crippen LogP contribution < -0.4 is 4.90 Å². The van der Waals surface area contributed by atoms with E-state index in [4.69, 9.17) is 0 Å². The molecule has 0 radical (unpaired) electrons. The second kappa shape index (κ2) is 5.90. The maximum absolute atomic E-state index is 13.8. The molecule has 0 spiro atoms. The number of halogens is 1. The second-order valence-electron chi connectivity index (χ2n) is 8.04. The average Bonchev–Trinajstić information content (AvgIpc) is 3.05. The molecule has 144 valence electrons. The van der Waals surface area contributed by atoms with E-state index < -0.39 is 17.3 Å². The zero-order valence-corrected chi connectivity index (χ0v) is 17.3. The highest BCUT2D eigenvalue weighted by atomic mass is 79.9. The fourth-order valence-corrected chi connectivity index (χ4v) is 6.29. The number of amides is 2. The molecule has 2 amide bonds. The van der Waals surface area contributed by atoms with Crippen molar-refractivity contribution in [2.45, 2.75) is 11.3 Å². The summed E-state index contributed by atoms with van der Waals surface area (Å²) in [7, 11) is 0. The minimum Gasteiger partial charge on any atom is -0.274 e. The van der Waals surface area contributed by atoms with Crippen molar-refractivity contribution < 1.29 is 9.59 Å². The minimum absolute atomic E-state index is 0.231. The number of imide groups is 1. The SMILES string of the molecule is N#CC12c3ccccc3C(c3ccccc31)[C@H]1C(=O)N(c3ccccc3Br)C(=O)[C@@H]12. The predicted octanol–water partition coefficient (Wildman–Crippen LogP) is 4.52. The van der Waals surface area contributed by atoms with Crippen LogP contribution in [0.3, 0.4) is 0 Å². The maximum Gasteiger partial charge on any atom is 0.240 e. The summed E-state index contributed by atoms with van der Waals surface area (Å²) in [6, 6.07) is 25.3. The highest BCUT2D eigenvalue weighted by Crippen LogP contribution is 2.64. The van der Waals surface area contributed by atoms with Crippen LogP contribution in [0.2, 0.25) is 0 Å². The number of anilines is 1. The molecule has 0 N–H and O–H groups in total. The first kappa shape index (κ1) is 17.6. The highest BCUT2D eigenvalue weighted by molar-refractivity contribution is 9.10. The molecule has 4 nitrogen and oxygen atoms in total. The van der Waals surface area contributed by atoms with Gasteiger partial charge in [-0.3, -0.25) is 9.59 Å². The van der Waals surface area contributed by atoms with Gasteiger partial charge >= 0.3 is 0 Å². The molecule has 0 aromatic heterocycles. The molecule has 3 aliphatic carbocycles. The largest absolute Gasteiger partial charge is 0.274 e. The van der Waals surface area contributed by atoms with Crippen LogP contribution in [0.15, 0.2) is 77.3 Å². The summed E-state index contributed by atoms with van der Waals surface area (Å²) in [6.07, 6.45) is 0. The fraction of sp³-hybridized carbons (Fsp3) is 0.160. The summed E-state index contributed by atoms with van der Waals surface area (Å²) in [6.45, 7) is 0. The van der Waals surface area contributed by atoms with Crippen LogP contribution >= 0.6 is 15.9 Å². The van der Waals surface area contributed by atoms with E-state index in [0.717, 1.165) is 22.3 Å². The number of hydrogen-bond acceptors (Lipinski definition) is 3. The minimum atomic E-state index is -1.17. The Kier molecular flexibility index (Phi) is 3.46. The molecule has 5 heteroatoms. The topological polar surface area (TPSA) is 61.2 Å². The molecule has 3 aromatic carbocycles. The molecule has 7 rings (SSSR count). The van der Waals surface area contributed by atoms with Crippen LogP contribution in [0.4, 0.5) is 5.69 Å². The average molecular weight is 455 g/mol. The van der Waals surface area contributed by atoms with E-state index in [1.165, 1.54) is 4.90 Å². The van der Waals surface area contributed by atoms with Crippen LogP contribution in [0.25, 0.3) is 0 Å². The Morgan fingerprint density at radius 1 is 0.833 bits per heavy atom. The zero-order valence-electron chi connectivity index (χ0n) is 15.7. The van der Waals surface area contributed by atoms with Crippen LogP contribution in [-0.2, 0) is 15.0 Å². The molecule has 1 saturated heterocycles. The third-order valence-electron chi connectivity index (χ3n) is 6.89. The summed E-state index contributed by atoms with van der Waals surface area (Å²) in [4.78, 5) is 28.8. The van der Waals surface area contributed by atoms with Gasteiger partial charge in [0.15, 0.2) is 0 Å². The molecule has 1 aliphatic heterocycles. The van der Waals surface area contributed by atoms with Gasteiger partial charge in [0.05, 0.1) is 23.6 Å². The Labute approximate surface area is 181 Å². The van der Waals surface area contributed by atoms with Gasteiger partial charge in [-0.15, -0.1) is 0 Å². The molecule has 2 atom stereocenters. The first-order valence-corrected chi connectivity index (χ1v) is 10.6. The van der Waals surface area contributed by atoms with Crippen molar-refractivity contribution in [3.8, 4) is 6.07 Å². The summed E-state index contributed by atoms with van der Waals surface area (Å²) in [5.41, 5.74) is 3.03. The molecular formula is C25H15BrN2O2. The Morgan fingerprint density at radius 3 is 2.00 bits per heavy atom. The number of hydrogen-bond donors (Lipinski definition) is 0. The molecule has 1 fully saturated rings. The lowest BCUT2D eigenvalue weighted by Gasteiger charge is -2.50. The lowest BCUT2D eigenvalue weighted by Crippen LogP contribution is -2.52. The van der Waals surface area contributed by atoms with Crippen molar-refractivity contribution in [2.75, 3.05) is 4.90 Å². The van der Waals surface area contributed by atoms with E-state index in [0.29, 0.717) is 10.2 Å². The number of carbonyl (C=O) groups is 2. The summed E-state index contributed by atoms with van der Waals surface area (Å²) >= 11 is 3.48. The monoisotopic (exact) mass is 454 g/mol. The van der Waals surface area contributed by atoms with Crippen LogP contribution in [0.5, 0.6) is 0 Å². The van der Waals surface area contributed by atoms with Crippen molar-refractivity contribution in [2.24, 2.45) is 11.8 Å². The number of benzene rings is 3. The van der Waals surface area contributed by atoms with Gasteiger partial charge in [-0.25, -0.2) is 4.90 Å². The normalized spacial score (nSPS) is 28.0. The third-order valence-corrected chi connectivity index (χ3v) is 7.56. The van der Waals surface area contributed by atoms with Gasteiger partial charge in [0.2, 0.25) is 11.8 Å². The quantitative estimate of drug-likeness (QED) is 0.507. The fourth-order valence-electron chi connectivity index (χ4n) is 5.83. The lowest BCUT2D eigenvalue weighted by molar-refractivity contribution is -0.122. The van der Waals surface area contributed by atoms with Gasteiger partial charge in [0.25, 0.3) is 0 Å². The molecule has 1 heterocycles. The van der Waals surface area contributed by atoms with Gasteiger partial charge in [-0.2, -0.15) is 5.26 Å². The van der Waals surface area contributed by atoms with Gasteiger partial charge < -0.3 is 0 Å². The number of nitriles is 1. The predicted molar refractivity (Wildman–Crippen MR) is 115 cm³/mol. The van der Waals surface area contributed by atoms with Crippen LogP contribution in [0, 0.1) is 23.2 Å². The van der Waals surface area contributed by atoms with E-state index in [-0.39, 0.29) is 17.7 Å². The molecule has 4 aliphatic rings.